The second-order valence-corrected chi connectivity index (χ2v) is 5.07. The Kier molecular flexibility index (Phi) is 4.55. The molecule has 1 aliphatic heterocycles. The van der Waals surface area contributed by atoms with Gasteiger partial charge in [0.25, 0.3) is 5.91 Å². The fourth-order valence-electron chi connectivity index (χ4n) is 2.10. The molecule has 19 heavy (non-hydrogen) atoms. The van der Waals surface area contributed by atoms with Crippen LogP contribution in [0.4, 0.5) is 0 Å². The summed E-state index contributed by atoms with van der Waals surface area (Å²) in [5.41, 5.74) is 0.286. The molecule has 0 saturated carbocycles. The van der Waals surface area contributed by atoms with Gasteiger partial charge in [-0.2, -0.15) is 0 Å². The smallest absolute Gasteiger partial charge is 0.261 e. The average Bonchev–Trinajstić information content (AvgIpc) is 2.41. The van der Waals surface area contributed by atoms with Crippen molar-refractivity contribution in [1.29, 1.82) is 0 Å². The predicted octanol–water partition coefficient (Wildman–Crippen LogP) is 3.21. The quantitative estimate of drug-likeness (QED) is 0.842. The van der Waals surface area contributed by atoms with E-state index < -0.39 is 0 Å². The summed E-state index contributed by atoms with van der Waals surface area (Å²) in [6.07, 6.45) is 0.525. The van der Waals surface area contributed by atoms with Crippen LogP contribution in [0, 0.1) is 0 Å². The Hall–Kier alpha value is -0.970. The summed E-state index contributed by atoms with van der Waals surface area (Å²) in [5.74, 6) is 0.0773. The molecule has 1 aromatic rings. The van der Waals surface area contributed by atoms with Crippen LogP contribution >= 0.6 is 23.2 Å². The second-order valence-electron chi connectivity index (χ2n) is 4.26. The number of nitrogens with zero attached hydrogens (tertiary/aromatic N) is 1. The highest BCUT2D eigenvalue weighted by atomic mass is 35.5. The Bertz CT molecular complexity index is 493. The van der Waals surface area contributed by atoms with Gasteiger partial charge in [0.05, 0.1) is 23.8 Å². The number of carbonyl (C=O) groups excluding carboxylic acids is 1. The first kappa shape index (κ1) is 14.4. The average molecular weight is 304 g/mol. The van der Waals surface area contributed by atoms with Crippen molar-refractivity contribution in [3.8, 4) is 5.75 Å². The molecule has 2 rings (SSSR count). The van der Waals surface area contributed by atoms with E-state index in [1.165, 1.54) is 7.11 Å². The Morgan fingerprint density at radius 2 is 2.11 bits per heavy atom. The zero-order valence-corrected chi connectivity index (χ0v) is 12.3. The number of carbonyl (C=O) groups is 1. The molecule has 0 aliphatic carbocycles. The van der Waals surface area contributed by atoms with Crippen LogP contribution in [0.3, 0.4) is 0 Å². The lowest BCUT2D eigenvalue weighted by Crippen LogP contribution is -2.44. The van der Waals surface area contributed by atoms with Crippen molar-refractivity contribution in [3.05, 3.63) is 27.7 Å². The molecule has 0 aromatic heterocycles. The maximum absolute atomic E-state index is 12.6. The van der Waals surface area contributed by atoms with E-state index >= 15 is 0 Å². The van der Waals surface area contributed by atoms with Crippen LogP contribution in [-0.4, -0.2) is 37.3 Å². The zero-order valence-electron chi connectivity index (χ0n) is 10.8. The lowest BCUT2D eigenvalue weighted by molar-refractivity contribution is -0.0662. The molecule has 1 atom stereocenters. The number of hydrogen-bond donors (Lipinski definition) is 0. The number of benzene rings is 1. The molecule has 0 N–H and O–H groups in total. The standard InChI is InChI=1S/C13H15Cl2NO3/c1-8-16(6-3-7-19-8)13(17)11-9(14)4-5-10(15)12(11)18-2/h4-5,8H,3,6-7H2,1-2H3. The Labute approximate surface area is 122 Å². The highest BCUT2D eigenvalue weighted by Gasteiger charge is 2.29. The van der Waals surface area contributed by atoms with E-state index in [1.54, 1.807) is 17.0 Å². The first-order chi connectivity index (χ1) is 9.06. The summed E-state index contributed by atoms with van der Waals surface area (Å²) in [6.45, 7) is 3.12. The van der Waals surface area contributed by atoms with E-state index in [-0.39, 0.29) is 17.7 Å². The van der Waals surface area contributed by atoms with Crippen molar-refractivity contribution in [1.82, 2.24) is 4.90 Å². The van der Waals surface area contributed by atoms with Crippen LogP contribution in [-0.2, 0) is 4.74 Å². The minimum atomic E-state index is -0.277. The van der Waals surface area contributed by atoms with E-state index in [1.807, 2.05) is 6.92 Å². The van der Waals surface area contributed by atoms with E-state index in [2.05, 4.69) is 0 Å². The second kappa shape index (κ2) is 5.99. The topological polar surface area (TPSA) is 38.8 Å². The van der Waals surface area contributed by atoms with Crippen LogP contribution in [0.25, 0.3) is 0 Å². The third-order valence-corrected chi connectivity index (χ3v) is 3.69. The van der Waals surface area contributed by atoms with E-state index in [0.717, 1.165) is 6.42 Å². The predicted molar refractivity (Wildman–Crippen MR) is 74.1 cm³/mol. The van der Waals surface area contributed by atoms with Crippen molar-refractivity contribution in [2.24, 2.45) is 0 Å². The van der Waals surface area contributed by atoms with E-state index in [0.29, 0.717) is 28.9 Å². The van der Waals surface area contributed by atoms with Gasteiger partial charge in [-0.05, 0) is 25.5 Å². The molecule has 1 aliphatic rings. The third-order valence-electron chi connectivity index (χ3n) is 3.08. The van der Waals surface area contributed by atoms with Gasteiger partial charge in [0.1, 0.15) is 11.8 Å². The molecule has 1 aromatic carbocycles. The van der Waals surface area contributed by atoms with Gasteiger partial charge in [-0.1, -0.05) is 23.2 Å². The first-order valence-electron chi connectivity index (χ1n) is 6.00. The molecule has 1 unspecified atom stereocenters. The maximum Gasteiger partial charge on any atom is 0.261 e. The summed E-state index contributed by atoms with van der Waals surface area (Å²) in [7, 11) is 1.46. The van der Waals surface area contributed by atoms with Gasteiger partial charge < -0.3 is 14.4 Å². The molecular formula is C13H15Cl2NO3. The Morgan fingerprint density at radius 3 is 2.74 bits per heavy atom. The molecule has 1 saturated heterocycles. The monoisotopic (exact) mass is 303 g/mol. The van der Waals surface area contributed by atoms with Crippen LogP contribution in [0.5, 0.6) is 5.75 Å². The summed E-state index contributed by atoms with van der Waals surface area (Å²) < 4.78 is 10.7. The maximum atomic E-state index is 12.6. The molecule has 1 amide bonds. The first-order valence-corrected chi connectivity index (χ1v) is 6.76. The van der Waals surface area contributed by atoms with Crippen LogP contribution in [0.15, 0.2) is 12.1 Å². The third kappa shape index (κ3) is 2.81. The van der Waals surface area contributed by atoms with Gasteiger partial charge in [0.15, 0.2) is 5.75 Å². The van der Waals surface area contributed by atoms with Gasteiger partial charge in [0, 0.05) is 6.54 Å². The number of halogens is 2. The van der Waals surface area contributed by atoms with E-state index in [9.17, 15) is 4.79 Å². The van der Waals surface area contributed by atoms with Gasteiger partial charge in [0.2, 0.25) is 0 Å². The Balaban J connectivity index is 2.40. The molecule has 0 bridgehead atoms. The molecular weight excluding hydrogens is 289 g/mol. The van der Waals surface area contributed by atoms with Crippen LogP contribution in [0.1, 0.15) is 23.7 Å². The van der Waals surface area contributed by atoms with Crippen molar-refractivity contribution in [2.75, 3.05) is 20.3 Å². The molecule has 6 heteroatoms. The number of amides is 1. The summed E-state index contributed by atoms with van der Waals surface area (Å²) in [4.78, 5) is 14.2. The number of ether oxygens (including phenoxy) is 2. The summed E-state index contributed by atoms with van der Waals surface area (Å²) in [6, 6.07) is 3.20. The Morgan fingerprint density at radius 1 is 1.42 bits per heavy atom. The molecule has 0 radical (unpaired) electrons. The van der Waals surface area contributed by atoms with Crippen LogP contribution < -0.4 is 4.74 Å². The highest BCUT2D eigenvalue weighted by molar-refractivity contribution is 6.37. The van der Waals surface area contributed by atoms with Crippen molar-refractivity contribution in [2.45, 2.75) is 19.6 Å². The highest BCUT2D eigenvalue weighted by Crippen LogP contribution is 2.35. The molecule has 1 fully saturated rings. The lowest BCUT2D eigenvalue weighted by Gasteiger charge is -2.33. The van der Waals surface area contributed by atoms with Gasteiger partial charge in [-0.3, -0.25) is 4.79 Å². The fourth-order valence-corrected chi connectivity index (χ4v) is 2.57. The molecule has 0 spiro atoms. The van der Waals surface area contributed by atoms with Gasteiger partial charge in [-0.25, -0.2) is 0 Å². The SMILES string of the molecule is COc1c(Cl)ccc(Cl)c1C(=O)N1CCCOC1C. The summed E-state index contributed by atoms with van der Waals surface area (Å²) in [5, 5.41) is 0.685. The number of rotatable bonds is 2. The normalized spacial score (nSPS) is 19.4. The largest absolute Gasteiger partial charge is 0.494 e. The van der Waals surface area contributed by atoms with Crippen molar-refractivity contribution < 1.29 is 14.3 Å². The molecule has 104 valence electrons. The zero-order chi connectivity index (χ0) is 14.0. The lowest BCUT2D eigenvalue weighted by atomic mass is 10.1. The van der Waals surface area contributed by atoms with Crippen molar-refractivity contribution >= 4 is 29.1 Å². The molecule has 1 heterocycles. The summed E-state index contributed by atoms with van der Waals surface area (Å²) >= 11 is 12.2. The van der Waals surface area contributed by atoms with Crippen molar-refractivity contribution in [3.63, 3.8) is 0 Å². The fraction of sp³-hybridized carbons (Fsp3) is 0.462. The number of hydrogen-bond acceptors (Lipinski definition) is 3. The molecule has 4 nitrogen and oxygen atoms in total. The van der Waals surface area contributed by atoms with Gasteiger partial charge >= 0.3 is 0 Å². The van der Waals surface area contributed by atoms with E-state index in [4.69, 9.17) is 32.7 Å². The van der Waals surface area contributed by atoms with Crippen LogP contribution in [0.2, 0.25) is 10.0 Å². The minimum absolute atomic E-state index is 0.225. The minimum Gasteiger partial charge on any atom is -0.494 e. The van der Waals surface area contributed by atoms with Gasteiger partial charge in [-0.15, -0.1) is 0 Å². The number of methoxy groups -OCH3 is 1.